The molecule has 0 aliphatic rings. The topological polar surface area (TPSA) is 49.4 Å². The van der Waals surface area contributed by atoms with Crippen molar-refractivity contribution < 1.29 is 9.59 Å². The molecular weight excluding hydrogens is 455 g/mol. The zero-order valence-corrected chi connectivity index (χ0v) is 20.2. The number of hydrogen-bond acceptors (Lipinski definition) is 2. The first kappa shape index (κ1) is 25.5. The van der Waals surface area contributed by atoms with Gasteiger partial charge in [-0.05, 0) is 43.0 Å². The van der Waals surface area contributed by atoms with Crippen LogP contribution in [0.15, 0.2) is 42.5 Å². The van der Waals surface area contributed by atoms with Crippen LogP contribution in [-0.2, 0) is 22.6 Å². The molecule has 4 nitrogen and oxygen atoms in total. The van der Waals surface area contributed by atoms with Gasteiger partial charge in [-0.1, -0.05) is 79.3 Å². The van der Waals surface area contributed by atoms with Gasteiger partial charge in [0.1, 0.15) is 6.04 Å². The quantitative estimate of drug-likeness (QED) is 0.381. The summed E-state index contributed by atoms with van der Waals surface area (Å²) in [5.74, 6) is -0.307. The molecule has 168 valence electrons. The van der Waals surface area contributed by atoms with Crippen molar-refractivity contribution in [3.8, 4) is 0 Å². The summed E-state index contributed by atoms with van der Waals surface area (Å²) in [5.41, 5.74) is 1.53. The van der Waals surface area contributed by atoms with Crippen LogP contribution in [0, 0.1) is 0 Å². The third-order valence-electron chi connectivity index (χ3n) is 5.17. The first-order valence-corrected chi connectivity index (χ1v) is 11.8. The number of benzene rings is 2. The second-order valence-electron chi connectivity index (χ2n) is 7.38. The predicted molar refractivity (Wildman–Crippen MR) is 129 cm³/mol. The molecule has 2 rings (SSSR count). The highest BCUT2D eigenvalue weighted by Crippen LogP contribution is 2.27. The van der Waals surface area contributed by atoms with Crippen molar-refractivity contribution in [2.45, 2.75) is 58.5 Å². The van der Waals surface area contributed by atoms with Crippen molar-refractivity contribution in [2.24, 2.45) is 0 Å². The fourth-order valence-corrected chi connectivity index (χ4v) is 4.11. The Balaban J connectivity index is 2.26. The Labute approximate surface area is 199 Å². The molecule has 0 aromatic heterocycles. The van der Waals surface area contributed by atoms with E-state index in [0.717, 1.165) is 18.4 Å². The van der Waals surface area contributed by atoms with Gasteiger partial charge >= 0.3 is 0 Å². The summed E-state index contributed by atoms with van der Waals surface area (Å²) >= 11 is 19.0. The Morgan fingerprint density at radius 1 is 0.968 bits per heavy atom. The molecule has 0 radical (unpaired) electrons. The van der Waals surface area contributed by atoms with Crippen LogP contribution in [-0.4, -0.2) is 29.3 Å². The minimum Gasteiger partial charge on any atom is -0.354 e. The van der Waals surface area contributed by atoms with Crippen LogP contribution in [0.3, 0.4) is 0 Å². The van der Waals surface area contributed by atoms with Crippen LogP contribution >= 0.6 is 34.8 Å². The number of carbonyl (C=O) groups is 2. The van der Waals surface area contributed by atoms with Crippen LogP contribution in [0.1, 0.15) is 50.7 Å². The summed E-state index contributed by atoms with van der Waals surface area (Å²) in [6.45, 7) is 4.71. The molecule has 0 fully saturated rings. The zero-order chi connectivity index (χ0) is 22.8. The highest BCUT2D eigenvalue weighted by molar-refractivity contribution is 6.36. The van der Waals surface area contributed by atoms with Crippen LogP contribution in [0.4, 0.5) is 0 Å². The van der Waals surface area contributed by atoms with Gasteiger partial charge in [0.2, 0.25) is 11.8 Å². The van der Waals surface area contributed by atoms with Gasteiger partial charge in [0.25, 0.3) is 0 Å². The Morgan fingerprint density at radius 2 is 1.61 bits per heavy atom. The number of carbonyl (C=O) groups excluding carboxylic acids is 2. The summed E-state index contributed by atoms with van der Waals surface area (Å²) in [5, 5.41) is 4.51. The molecule has 2 aromatic carbocycles. The lowest BCUT2D eigenvalue weighted by Gasteiger charge is -2.31. The van der Waals surface area contributed by atoms with Crippen molar-refractivity contribution in [3.63, 3.8) is 0 Å². The van der Waals surface area contributed by atoms with E-state index in [1.807, 2.05) is 25.1 Å². The predicted octanol–water partition coefficient (Wildman–Crippen LogP) is 6.30. The van der Waals surface area contributed by atoms with Crippen molar-refractivity contribution in [1.29, 1.82) is 0 Å². The van der Waals surface area contributed by atoms with E-state index in [9.17, 15) is 9.59 Å². The molecule has 2 aromatic rings. The second-order valence-corrected chi connectivity index (χ2v) is 8.60. The van der Waals surface area contributed by atoms with Crippen LogP contribution in [0.5, 0.6) is 0 Å². The monoisotopic (exact) mass is 482 g/mol. The van der Waals surface area contributed by atoms with E-state index in [4.69, 9.17) is 34.8 Å². The average molecular weight is 484 g/mol. The standard InChI is InChI=1S/C24H29Cl3N2O2/c1-3-5-15-28-24(31)22(4-2)29(16-18-20(26)11-8-12-21(18)27)23(30)14-13-17-9-6-7-10-19(17)25/h6-12,22H,3-5,13-16H2,1-2H3,(H,28,31)/t22-/m0/s1. The summed E-state index contributed by atoms with van der Waals surface area (Å²) in [6, 6.07) is 12.1. The van der Waals surface area contributed by atoms with Gasteiger partial charge < -0.3 is 10.2 Å². The molecule has 0 spiro atoms. The van der Waals surface area contributed by atoms with Gasteiger partial charge in [-0.2, -0.15) is 0 Å². The highest BCUT2D eigenvalue weighted by atomic mass is 35.5. The van der Waals surface area contributed by atoms with Crippen LogP contribution in [0.25, 0.3) is 0 Å². The van der Waals surface area contributed by atoms with E-state index in [2.05, 4.69) is 12.2 Å². The molecule has 0 aliphatic heterocycles. The van der Waals surface area contributed by atoms with Crippen molar-refractivity contribution in [3.05, 3.63) is 68.7 Å². The number of nitrogens with zero attached hydrogens (tertiary/aromatic N) is 1. The van der Waals surface area contributed by atoms with Crippen molar-refractivity contribution in [1.82, 2.24) is 10.2 Å². The fraction of sp³-hybridized carbons (Fsp3) is 0.417. The largest absolute Gasteiger partial charge is 0.354 e. The van der Waals surface area contributed by atoms with Crippen LogP contribution < -0.4 is 5.32 Å². The summed E-state index contributed by atoms with van der Waals surface area (Å²) in [7, 11) is 0. The number of nitrogens with one attached hydrogen (secondary N) is 1. The molecule has 0 heterocycles. The minimum absolute atomic E-state index is 0.145. The van der Waals surface area contributed by atoms with Crippen LogP contribution in [0.2, 0.25) is 15.1 Å². The lowest BCUT2D eigenvalue weighted by Crippen LogP contribution is -2.49. The first-order valence-electron chi connectivity index (χ1n) is 10.6. The fourth-order valence-electron chi connectivity index (χ4n) is 3.37. The Kier molecular flexibility index (Phi) is 10.7. The number of aryl methyl sites for hydroxylation is 1. The van der Waals surface area contributed by atoms with E-state index >= 15 is 0 Å². The summed E-state index contributed by atoms with van der Waals surface area (Å²) in [4.78, 5) is 27.8. The molecule has 1 atom stereocenters. The summed E-state index contributed by atoms with van der Waals surface area (Å²) < 4.78 is 0. The normalized spacial score (nSPS) is 11.8. The molecule has 0 saturated heterocycles. The zero-order valence-electron chi connectivity index (χ0n) is 18.0. The van der Waals surface area contributed by atoms with Gasteiger partial charge in [0, 0.05) is 40.1 Å². The molecule has 2 amide bonds. The maximum atomic E-state index is 13.3. The van der Waals surface area contributed by atoms with Gasteiger partial charge in [-0.15, -0.1) is 0 Å². The number of rotatable bonds is 11. The lowest BCUT2D eigenvalue weighted by atomic mass is 10.1. The lowest BCUT2D eigenvalue weighted by molar-refractivity contribution is -0.141. The maximum Gasteiger partial charge on any atom is 0.242 e. The van der Waals surface area contributed by atoms with Gasteiger partial charge in [-0.3, -0.25) is 9.59 Å². The Morgan fingerprint density at radius 3 is 2.23 bits per heavy atom. The molecule has 0 aliphatic carbocycles. The molecular formula is C24H29Cl3N2O2. The Hall–Kier alpha value is -1.75. The molecule has 0 unspecified atom stereocenters. The first-order chi connectivity index (χ1) is 14.9. The third-order valence-corrected chi connectivity index (χ3v) is 6.25. The van der Waals surface area contributed by atoms with Gasteiger partial charge in [0.15, 0.2) is 0 Å². The Bertz CT molecular complexity index is 869. The van der Waals surface area contributed by atoms with E-state index in [0.29, 0.717) is 40.0 Å². The van der Waals surface area contributed by atoms with Crippen molar-refractivity contribution >= 4 is 46.6 Å². The van der Waals surface area contributed by atoms with E-state index < -0.39 is 6.04 Å². The van der Waals surface area contributed by atoms with E-state index in [-0.39, 0.29) is 24.8 Å². The van der Waals surface area contributed by atoms with Crippen molar-refractivity contribution in [2.75, 3.05) is 6.54 Å². The van der Waals surface area contributed by atoms with E-state index in [1.54, 1.807) is 29.2 Å². The SMILES string of the molecule is CCCCNC(=O)[C@H](CC)N(Cc1c(Cl)cccc1Cl)C(=O)CCc1ccccc1Cl. The minimum atomic E-state index is -0.608. The average Bonchev–Trinajstić information content (AvgIpc) is 2.75. The highest BCUT2D eigenvalue weighted by Gasteiger charge is 2.29. The number of hydrogen-bond donors (Lipinski definition) is 1. The molecule has 0 bridgehead atoms. The molecule has 1 N–H and O–H groups in total. The van der Waals surface area contributed by atoms with Gasteiger partial charge in [0.05, 0.1) is 0 Å². The van der Waals surface area contributed by atoms with E-state index in [1.165, 1.54) is 0 Å². The number of unbranched alkanes of at least 4 members (excludes halogenated alkanes) is 1. The third kappa shape index (κ3) is 7.41. The second kappa shape index (κ2) is 12.9. The number of halogens is 3. The smallest absolute Gasteiger partial charge is 0.242 e. The summed E-state index contributed by atoms with van der Waals surface area (Å²) in [6.07, 6.45) is 3.06. The number of amides is 2. The molecule has 0 saturated carbocycles. The molecule has 7 heteroatoms. The molecule has 31 heavy (non-hydrogen) atoms. The maximum absolute atomic E-state index is 13.3. The van der Waals surface area contributed by atoms with Gasteiger partial charge in [-0.25, -0.2) is 0 Å².